The fraction of sp³-hybridized carbons (Fsp3) is 0. The van der Waals surface area contributed by atoms with E-state index in [0.29, 0.717) is 39.8 Å². The van der Waals surface area contributed by atoms with Crippen LogP contribution in [0.25, 0.3) is 87.1 Å². The Balaban J connectivity index is 0.971. The smallest absolute Gasteiger partial charge is 0.195 e. The van der Waals surface area contributed by atoms with E-state index in [9.17, 15) is 0 Å². The largest absolute Gasteiger partial charge is 0.310 e. The molecule has 0 spiro atoms. The van der Waals surface area contributed by atoms with Gasteiger partial charge in [-0.1, -0.05) is 133 Å². The second-order valence-corrected chi connectivity index (χ2v) is 17.9. The van der Waals surface area contributed by atoms with Gasteiger partial charge in [-0.2, -0.15) is 0 Å². The lowest BCUT2D eigenvalue weighted by molar-refractivity contribution is 1.18. The van der Waals surface area contributed by atoms with Crippen LogP contribution in [0.2, 0.25) is 0 Å². The van der Waals surface area contributed by atoms with Crippen molar-refractivity contribution < 1.29 is 0 Å². The van der Waals surface area contributed by atoms with Crippen molar-refractivity contribution in [3.8, 4) is 50.7 Å². The lowest BCUT2D eigenvalue weighted by Gasteiger charge is -2.26. The van der Waals surface area contributed by atoms with Crippen LogP contribution in [0.3, 0.4) is 0 Å². The Labute approximate surface area is 435 Å². The molecule has 0 unspecified atom stereocenters. The van der Waals surface area contributed by atoms with Crippen LogP contribution >= 0.6 is 0 Å². The Morgan fingerprint density at radius 3 is 1.24 bits per heavy atom. The molecule has 12 aromatic rings. The first-order valence-electron chi connectivity index (χ1n) is 24.4. The lowest BCUT2D eigenvalue weighted by atomic mass is 9.99. The Hall–Kier alpha value is -10.9. The lowest BCUT2D eigenvalue weighted by Crippen LogP contribution is -2.09. The van der Waals surface area contributed by atoms with Gasteiger partial charge in [-0.25, -0.2) is 24.5 Å². The predicted molar refractivity (Wildman–Crippen MR) is 306 cm³/mol. The van der Waals surface area contributed by atoms with Crippen LogP contribution in [-0.2, 0) is 0 Å². The van der Waals surface area contributed by atoms with Gasteiger partial charge in [-0.15, -0.1) is 0 Å². The first-order chi connectivity index (χ1) is 37.0. The second-order valence-electron chi connectivity index (χ2n) is 17.9. The molecule has 8 heteroatoms. The van der Waals surface area contributed by atoms with Crippen LogP contribution in [0, 0.1) is 19.7 Å². The van der Waals surface area contributed by atoms with Crippen molar-refractivity contribution in [2.24, 2.45) is 0 Å². The zero-order valence-electron chi connectivity index (χ0n) is 40.3. The minimum Gasteiger partial charge on any atom is -0.310 e. The van der Waals surface area contributed by atoms with Crippen LogP contribution in [0.15, 0.2) is 255 Å². The van der Waals surface area contributed by atoms with Gasteiger partial charge in [0.15, 0.2) is 22.9 Å². The number of nitrogens with zero attached hydrogens (tertiary/aromatic N) is 8. The normalized spacial score (nSPS) is 10.9. The molecule has 2 aromatic heterocycles. The van der Waals surface area contributed by atoms with Crippen LogP contribution in [0.5, 0.6) is 0 Å². The topological polar surface area (TPSA) is 50.3 Å². The van der Waals surface area contributed by atoms with Gasteiger partial charge in [-0.3, -0.25) is 0 Å². The summed E-state index contributed by atoms with van der Waals surface area (Å²) in [5.41, 5.74) is 16.0. The van der Waals surface area contributed by atoms with E-state index in [4.69, 9.17) is 29.7 Å². The number of hydrogen-bond donors (Lipinski definition) is 0. The van der Waals surface area contributed by atoms with Crippen molar-refractivity contribution in [1.29, 1.82) is 0 Å². The minimum absolute atomic E-state index is 0.442. The Morgan fingerprint density at radius 2 is 0.773 bits per heavy atom. The average Bonchev–Trinajstić information content (AvgIpc) is 3.82. The second kappa shape index (κ2) is 19.7. The van der Waals surface area contributed by atoms with Crippen LogP contribution in [0.1, 0.15) is 0 Å². The summed E-state index contributed by atoms with van der Waals surface area (Å²) < 4.78 is 2.33. The van der Waals surface area contributed by atoms with Gasteiger partial charge in [0, 0.05) is 56.1 Å². The van der Waals surface area contributed by atoms with Gasteiger partial charge in [0.1, 0.15) is 0 Å². The van der Waals surface area contributed by atoms with E-state index < -0.39 is 0 Å². The third-order valence-electron chi connectivity index (χ3n) is 13.4. The molecule has 8 nitrogen and oxygen atoms in total. The highest BCUT2D eigenvalue weighted by Gasteiger charge is 2.21. The molecule has 0 amide bonds. The van der Waals surface area contributed by atoms with Crippen LogP contribution in [-0.4, -0.2) is 14.5 Å². The average molecular weight is 959 g/mol. The predicted octanol–water partition coefficient (Wildman–Crippen LogP) is 18.8. The number of rotatable bonds is 11. The zero-order valence-corrected chi connectivity index (χ0v) is 40.3. The maximum absolute atomic E-state index is 8.41. The summed E-state index contributed by atoms with van der Waals surface area (Å²) in [5, 5.41) is 2.21. The number of fused-ring (bicyclic) bond motifs is 3. The number of hydrogen-bond acceptors (Lipinski definition) is 4. The molecule has 0 atom stereocenters. The summed E-state index contributed by atoms with van der Waals surface area (Å²) >= 11 is 0. The van der Waals surface area contributed by atoms with E-state index in [-0.39, 0.29) is 0 Å². The molecule has 0 saturated heterocycles. The van der Waals surface area contributed by atoms with Crippen molar-refractivity contribution in [1.82, 2.24) is 14.5 Å². The summed E-state index contributed by atoms with van der Waals surface area (Å²) in [7, 11) is 0. The number of benzene rings is 10. The molecule has 2 heterocycles. The van der Waals surface area contributed by atoms with Crippen molar-refractivity contribution in [2.75, 3.05) is 9.80 Å². The molecule has 0 radical (unpaired) electrons. The molecule has 0 fully saturated rings. The monoisotopic (exact) mass is 958 g/mol. The first kappa shape index (κ1) is 45.3. The van der Waals surface area contributed by atoms with Crippen LogP contribution < -0.4 is 9.80 Å². The molecule has 0 aliphatic rings. The molecule has 12 rings (SSSR count). The minimum atomic E-state index is 0.442. The van der Waals surface area contributed by atoms with E-state index in [0.717, 1.165) is 83.9 Å². The highest BCUT2D eigenvalue weighted by molar-refractivity contribution is 6.12. The summed E-state index contributed by atoms with van der Waals surface area (Å²) in [6, 6.07) is 86.2. The van der Waals surface area contributed by atoms with Crippen molar-refractivity contribution in [3.63, 3.8) is 0 Å². The zero-order chi connectivity index (χ0) is 50.7. The number of para-hydroxylation sites is 4. The van der Waals surface area contributed by atoms with Gasteiger partial charge in [0.25, 0.3) is 0 Å². The van der Waals surface area contributed by atoms with E-state index in [1.165, 1.54) is 0 Å². The molecule has 0 saturated carbocycles. The third kappa shape index (κ3) is 8.76. The summed E-state index contributed by atoms with van der Waals surface area (Å²) in [4.78, 5) is 25.8. The maximum atomic E-state index is 8.41. The van der Waals surface area contributed by atoms with E-state index in [1.807, 2.05) is 72.8 Å². The van der Waals surface area contributed by atoms with Crippen molar-refractivity contribution in [3.05, 3.63) is 289 Å². The fourth-order valence-corrected chi connectivity index (χ4v) is 9.90. The SMILES string of the molecule is [C-]#[N+]c1cccc(-c2cc(-c3ccc(-c4ccc(-n5c6ccc(N(c7ccccc7)c7ccccc7)cc6c6cc(N(c7ccccc7)c7ccccc7)ccc65)cc4)c([N+]#[C-])c3)nc(-c3cccc([N+]#[C-])c3)n2)c1. The standard InChI is InChI=1S/C67H42N8/c1-68-50-20-16-18-47(40-50)62-45-63(72-67(71-62)49-19-17-21-51(41-49)69-2)48-32-37-59(64(42-48)70-3)46-30-33-56(34-31-46)75-65-38-35-57(73(52-22-8-4-9-23-52)53-24-10-5-11-25-53)43-60(65)61-44-58(36-39-66(61)75)74(54-26-12-6-13-27-54)55-28-14-7-15-29-55/h4-45H. The number of aromatic nitrogens is 3. The Kier molecular flexibility index (Phi) is 11.9. The van der Waals surface area contributed by atoms with E-state index >= 15 is 0 Å². The van der Waals surface area contributed by atoms with Gasteiger partial charge in [-0.05, 0) is 144 Å². The maximum Gasteiger partial charge on any atom is 0.195 e. The summed E-state index contributed by atoms with van der Waals surface area (Å²) in [6.45, 7) is 23.6. The Morgan fingerprint density at radius 1 is 0.333 bits per heavy atom. The van der Waals surface area contributed by atoms with Crippen molar-refractivity contribution >= 4 is 73.0 Å². The molecule has 0 aliphatic carbocycles. The van der Waals surface area contributed by atoms with Gasteiger partial charge in [0.05, 0.1) is 42.1 Å². The molecule has 10 aromatic carbocycles. The summed E-state index contributed by atoms with van der Waals surface area (Å²) in [6.07, 6.45) is 0. The molecule has 0 aliphatic heterocycles. The number of anilines is 6. The van der Waals surface area contributed by atoms with Gasteiger partial charge < -0.3 is 14.4 Å². The molecule has 75 heavy (non-hydrogen) atoms. The molecular formula is C67H42N8. The Bertz CT molecular complexity index is 3910. The fourth-order valence-electron chi connectivity index (χ4n) is 9.90. The molecular weight excluding hydrogens is 917 g/mol. The first-order valence-corrected chi connectivity index (χ1v) is 24.4. The van der Waals surface area contributed by atoms with E-state index in [1.54, 1.807) is 24.3 Å². The molecule has 0 N–H and O–H groups in total. The third-order valence-corrected chi connectivity index (χ3v) is 13.4. The molecule has 350 valence electrons. The molecule has 0 bridgehead atoms. The van der Waals surface area contributed by atoms with Gasteiger partial charge >= 0.3 is 0 Å². The van der Waals surface area contributed by atoms with Crippen LogP contribution in [0.4, 0.5) is 51.2 Å². The summed E-state index contributed by atoms with van der Waals surface area (Å²) in [5.74, 6) is 0.442. The quantitative estimate of drug-likeness (QED) is 0.121. The highest BCUT2D eigenvalue weighted by Crippen LogP contribution is 2.44. The van der Waals surface area contributed by atoms with Gasteiger partial charge in [0.2, 0.25) is 0 Å². The highest BCUT2D eigenvalue weighted by atomic mass is 15.1. The van der Waals surface area contributed by atoms with Crippen molar-refractivity contribution in [2.45, 2.75) is 0 Å². The van der Waals surface area contributed by atoms with E-state index in [2.05, 4.69) is 187 Å².